The molecule has 19 heavy (non-hydrogen) atoms. The molecule has 1 unspecified atom stereocenters. The van der Waals surface area contributed by atoms with E-state index in [2.05, 4.69) is 4.98 Å². The molecule has 2 rings (SSSR count). The Bertz CT molecular complexity index is 737. The first-order valence-electron chi connectivity index (χ1n) is 6.32. The van der Waals surface area contributed by atoms with Crippen molar-refractivity contribution < 1.29 is 0 Å². The minimum absolute atomic E-state index is 0.0412. The van der Waals surface area contributed by atoms with E-state index in [0.717, 1.165) is 4.57 Å². The number of aromatic nitrogens is 4. The fourth-order valence-corrected chi connectivity index (χ4v) is 2.36. The van der Waals surface area contributed by atoms with Crippen LogP contribution < -0.4 is 17.0 Å². The van der Waals surface area contributed by atoms with Crippen LogP contribution in [0.2, 0.25) is 0 Å². The summed E-state index contributed by atoms with van der Waals surface area (Å²) in [6.07, 6.45) is 0. The molecule has 0 aliphatic heterocycles. The van der Waals surface area contributed by atoms with Crippen LogP contribution in [0.4, 0.5) is 0 Å². The van der Waals surface area contributed by atoms with Crippen molar-refractivity contribution in [1.29, 1.82) is 0 Å². The summed E-state index contributed by atoms with van der Waals surface area (Å²) in [4.78, 5) is 28.7. The van der Waals surface area contributed by atoms with E-state index in [1.807, 2.05) is 25.3 Å². The van der Waals surface area contributed by atoms with Crippen molar-refractivity contribution in [3.05, 3.63) is 26.7 Å². The number of imidazole rings is 1. The van der Waals surface area contributed by atoms with Crippen LogP contribution in [0.25, 0.3) is 11.2 Å². The summed E-state index contributed by atoms with van der Waals surface area (Å²) in [7, 11) is 1.48. The van der Waals surface area contributed by atoms with Gasteiger partial charge < -0.3 is 10.3 Å². The normalized spacial score (nSPS) is 13.1. The molecule has 0 aromatic carbocycles. The average Bonchev–Trinajstić information content (AvgIpc) is 2.73. The Kier molecular flexibility index (Phi) is 3.32. The average molecular weight is 265 g/mol. The molecule has 0 saturated carbocycles. The highest BCUT2D eigenvalue weighted by Gasteiger charge is 2.20. The Labute approximate surface area is 110 Å². The minimum Gasteiger partial charge on any atom is -0.328 e. The number of hydrogen-bond donors (Lipinski definition) is 1. The van der Waals surface area contributed by atoms with Crippen molar-refractivity contribution >= 4 is 11.2 Å². The van der Waals surface area contributed by atoms with Gasteiger partial charge in [-0.1, -0.05) is 0 Å². The summed E-state index contributed by atoms with van der Waals surface area (Å²) in [5.74, 6) is 0.692. The summed E-state index contributed by atoms with van der Waals surface area (Å²) >= 11 is 0. The molecule has 0 aliphatic carbocycles. The molecule has 0 radical (unpaired) electrons. The van der Waals surface area contributed by atoms with Crippen LogP contribution in [-0.4, -0.2) is 25.2 Å². The highest BCUT2D eigenvalue weighted by molar-refractivity contribution is 5.71. The summed E-state index contributed by atoms with van der Waals surface area (Å²) in [6, 6.07) is -0.0412. The Balaban J connectivity index is 3.04. The molecule has 0 spiro atoms. The van der Waals surface area contributed by atoms with Crippen molar-refractivity contribution in [3.8, 4) is 0 Å². The molecule has 0 fully saturated rings. The third-order valence-electron chi connectivity index (χ3n) is 3.45. The predicted octanol–water partition coefficient (Wildman–Crippen LogP) is -0.255. The summed E-state index contributed by atoms with van der Waals surface area (Å²) in [5.41, 5.74) is 5.90. The van der Waals surface area contributed by atoms with Crippen molar-refractivity contribution in [3.63, 3.8) is 0 Å². The van der Waals surface area contributed by atoms with Crippen LogP contribution in [0.1, 0.15) is 25.7 Å². The number of hydrogen-bond acceptors (Lipinski definition) is 4. The zero-order valence-electron chi connectivity index (χ0n) is 11.7. The fraction of sp³-hybridized carbons (Fsp3) is 0.583. The second kappa shape index (κ2) is 4.65. The van der Waals surface area contributed by atoms with E-state index in [-0.39, 0.29) is 17.3 Å². The van der Waals surface area contributed by atoms with Gasteiger partial charge in [0.15, 0.2) is 11.2 Å². The van der Waals surface area contributed by atoms with Gasteiger partial charge in [0.2, 0.25) is 0 Å². The molecule has 0 aliphatic rings. The standard InChI is InChI=1S/C12H19N5O2/c1-5-16-10-9(11(18)15(4)12(16)19)17(7(2)6-13)8(3)14-10/h7H,5-6,13H2,1-4H3. The number of fused-ring (bicyclic) bond motifs is 1. The van der Waals surface area contributed by atoms with Crippen LogP contribution in [0.15, 0.2) is 9.59 Å². The quantitative estimate of drug-likeness (QED) is 0.828. The van der Waals surface area contributed by atoms with Crippen LogP contribution in [0.5, 0.6) is 0 Å². The van der Waals surface area contributed by atoms with Crippen LogP contribution >= 0.6 is 0 Å². The molecular formula is C12H19N5O2. The van der Waals surface area contributed by atoms with E-state index in [4.69, 9.17) is 5.73 Å². The first kappa shape index (κ1) is 13.5. The zero-order valence-corrected chi connectivity index (χ0v) is 11.7. The monoisotopic (exact) mass is 265 g/mol. The Morgan fingerprint density at radius 2 is 2.00 bits per heavy atom. The van der Waals surface area contributed by atoms with Crippen LogP contribution in [-0.2, 0) is 13.6 Å². The molecule has 0 amide bonds. The van der Waals surface area contributed by atoms with E-state index in [1.54, 1.807) is 0 Å². The highest BCUT2D eigenvalue weighted by atomic mass is 16.2. The molecule has 0 saturated heterocycles. The number of rotatable bonds is 3. The van der Waals surface area contributed by atoms with Crippen molar-refractivity contribution in [2.24, 2.45) is 12.8 Å². The van der Waals surface area contributed by atoms with Crippen molar-refractivity contribution in [1.82, 2.24) is 18.7 Å². The SMILES string of the molecule is CCn1c(=O)n(C)c(=O)c2c1nc(C)n2C(C)CN. The lowest BCUT2D eigenvalue weighted by Gasteiger charge is -2.14. The topological polar surface area (TPSA) is 87.8 Å². The van der Waals surface area contributed by atoms with Gasteiger partial charge in [-0.05, 0) is 20.8 Å². The summed E-state index contributed by atoms with van der Waals surface area (Å²) < 4.78 is 4.43. The van der Waals surface area contributed by atoms with Crippen molar-refractivity contribution in [2.45, 2.75) is 33.4 Å². The van der Waals surface area contributed by atoms with Crippen LogP contribution in [0.3, 0.4) is 0 Å². The zero-order chi connectivity index (χ0) is 14.3. The second-order valence-corrected chi connectivity index (χ2v) is 4.68. The predicted molar refractivity (Wildman–Crippen MR) is 73.4 cm³/mol. The van der Waals surface area contributed by atoms with E-state index in [1.165, 1.54) is 11.6 Å². The third-order valence-corrected chi connectivity index (χ3v) is 3.45. The molecule has 2 aromatic rings. The maximum absolute atomic E-state index is 12.3. The Morgan fingerprint density at radius 3 is 2.53 bits per heavy atom. The molecule has 0 bridgehead atoms. The maximum atomic E-state index is 12.3. The molecule has 1 atom stereocenters. The summed E-state index contributed by atoms with van der Waals surface area (Å²) in [5, 5.41) is 0. The molecule has 7 nitrogen and oxygen atoms in total. The molecule has 7 heteroatoms. The summed E-state index contributed by atoms with van der Waals surface area (Å²) in [6.45, 7) is 6.47. The molecule has 2 aromatic heterocycles. The van der Waals surface area contributed by atoms with E-state index >= 15 is 0 Å². The van der Waals surface area contributed by atoms with E-state index in [9.17, 15) is 9.59 Å². The van der Waals surface area contributed by atoms with Gasteiger partial charge in [0.05, 0.1) is 0 Å². The first-order valence-corrected chi connectivity index (χ1v) is 6.32. The van der Waals surface area contributed by atoms with E-state index < -0.39 is 0 Å². The first-order chi connectivity index (χ1) is 8.93. The fourth-order valence-electron chi connectivity index (χ4n) is 2.36. The molecule has 2 N–H and O–H groups in total. The van der Waals surface area contributed by atoms with Crippen molar-refractivity contribution in [2.75, 3.05) is 6.54 Å². The van der Waals surface area contributed by atoms with Gasteiger partial charge >= 0.3 is 5.69 Å². The van der Waals surface area contributed by atoms with E-state index in [0.29, 0.717) is 30.1 Å². The minimum atomic E-state index is -0.343. The largest absolute Gasteiger partial charge is 0.332 e. The van der Waals surface area contributed by atoms with Gasteiger partial charge in [-0.15, -0.1) is 0 Å². The third kappa shape index (κ3) is 1.81. The lowest BCUT2D eigenvalue weighted by molar-refractivity contribution is 0.554. The maximum Gasteiger partial charge on any atom is 0.332 e. The lowest BCUT2D eigenvalue weighted by atomic mass is 10.3. The van der Waals surface area contributed by atoms with Crippen LogP contribution in [0, 0.1) is 6.92 Å². The molecular weight excluding hydrogens is 246 g/mol. The molecule has 104 valence electrons. The van der Waals surface area contributed by atoms with Gasteiger partial charge in [-0.2, -0.15) is 0 Å². The lowest BCUT2D eigenvalue weighted by Crippen LogP contribution is -2.38. The van der Waals surface area contributed by atoms with Gasteiger partial charge in [0.1, 0.15) is 5.82 Å². The van der Waals surface area contributed by atoms with Gasteiger partial charge in [-0.3, -0.25) is 13.9 Å². The Hall–Kier alpha value is -1.89. The number of aryl methyl sites for hydroxylation is 2. The molecule has 2 heterocycles. The Morgan fingerprint density at radius 1 is 1.37 bits per heavy atom. The van der Waals surface area contributed by atoms with Gasteiger partial charge in [-0.25, -0.2) is 9.78 Å². The number of nitrogens with zero attached hydrogens (tertiary/aromatic N) is 4. The van der Waals surface area contributed by atoms with Gasteiger partial charge in [0.25, 0.3) is 5.56 Å². The van der Waals surface area contributed by atoms with Gasteiger partial charge in [0, 0.05) is 26.2 Å². The number of nitrogens with two attached hydrogens (primary N) is 1. The smallest absolute Gasteiger partial charge is 0.328 e. The second-order valence-electron chi connectivity index (χ2n) is 4.68. The highest BCUT2D eigenvalue weighted by Crippen LogP contribution is 2.16.